The fourth-order valence-corrected chi connectivity index (χ4v) is 3.65. The smallest absolute Gasteiger partial charge is 0.243 e. The average molecular weight is 569 g/mol. The lowest BCUT2D eigenvalue weighted by atomic mass is 10.0. The number of nitrogens with one attached hydrogen (secondary N) is 3. The van der Waals surface area contributed by atoms with E-state index in [0.717, 1.165) is 17.7 Å². The van der Waals surface area contributed by atoms with Gasteiger partial charge in [0.05, 0.1) is 18.4 Å². The third-order valence-electron chi connectivity index (χ3n) is 5.69. The minimum atomic E-state index is -0.740. The lowest BCUT2D eigenvalue weighted by Crippen LogP contribution is -2.43. The highest BCUT2D eigenvalue weighted by Gasteiger charge is 2.34. The summed E-state index contributed by atoms with van der Waals surface area (Å²) in [6, 6.07) is 4.48. The van der Waals surface area contributed by atoms with Gasteiger partial charge in [-0.2, -0.15) is 28.0 Å². The van der Waals surface area contributed by atoms with Gasteiger partial charge in [0, 0.05) is 19.9 Å². The van der Waals surface area contributed by atoms with Gasteiger partial charge in [-0.25, -0.2) is 0 Å². The lowest BCUT2D eigenvalue weighted by Gasteiger charge is -2.24. The Morgan fingerprint density at radius 1 is 1.32 bits per heavy atom. The number of rotatable bonds is 11. The number of hydrogen-bond donors (Lipinski definition) is 4. The van der Waals surface area contributed by atoms with Crippen LogP contribution in [0.2, 0.25) is 0 Å². The number of fused-ring (bicyclic) bond motifs is 1. The predicted molar refractivity (Wildman–Crippen MR) is 160 cm³/mol. The van der Waals surface area contributed by atoms with Gasteiger partial charge in [-0.05, 0) is 23.8 Å². The summed E-state index contributed by atoms with van der Waals surface area (Å²) in [5, 5.41) is 15.8. The van der Waals surface area contributed by atoms with Crippen molar-refractivity contribution in [3.63, 3.8) is 0 Å². The molecule has 0 bridgehead atoms. The van der Waals surface area contributed by atoms with Crippen LogP contribution < -0.4 is 20.3 Å². The first-order valence-electron chi connectivity index (χ1n) is 12.8. The molecule has 214 valence electrons. The molecule has 2 amide bonds. The van der Waals surface area contributed by atoms with Gasteiger partial charge in [-0.1, -0.05) is 52.9 Å². The molecule has 0 aliphatic carbocycles. The molecule has 12 heteroatoms. The van der Waals surface area contributed by atoms with E-state index in [0.29, 0.717) is 30.6 Å². The zero-order chi connectivity index (χ0) is 29.1. The van der Waals surface area contributed by atoms with Gasteiger partial charge < -0.3 is 25.1 Å². The first-order chi connectivity index (χ1) is 18.4. The van der Waals surface area contributed by atoms with Crippen LogP contribution in [0, 0.1) is 5.92 Å². The predicted octanol–water partition coefficient (Wildman–Crippen LogP) is 3.04. The van der Waals surface area contributed by atoms with Gasteiger partial charge in [-0.3, -0.25) is 9.59 Å². The number of nitrogens with zero attached hydrogens (tertiary/aromatic N) is 3. The minimum Gasteiger partial charge on any atom is -0.489 e. The monoisotopic (exact) mass is 568 g/mol. The lowest BCUT2D eigenvalue weighted by molar-refractivity contribution is -0.125. The second kappa shape index (κ2) is 20.3. The molecule has 0 saturated carbocycles. The maximum atomic E-state index is 12.7. The number of benzene rings is 1. The maximum Gasteiger partial charge on any atom is 0.243 e. The fourth-order valence-electron chi connectivity index (χ4n) is 3.65. The number of aldehydes is 1. The first-order valence-corrected chi connectivity index (χ1v) is 14.8. The molecule has 38 heavy (non-hydrogen) atoms. The van der Waals surface area contributed by atoms with E-state index in [1.165, 1.54) is 0 Å². The van der Waals surface area contributed by atoms with Crippen molar-refractivity contribution in [2.45, 2.75) is 65.6 Å². The van der Waals surface area contributed by atoms with E-state index in [4.69, 9.17) is 4.74 Å². The molecule has 3 rings (SSSR count). The topological polar surface area (TPSA) is 129 Å². The van der Waals surface area contributed by atoms with Crippen LogP contribution in [0.4, 0.5) is 5.69 Å². The molecule has 1 aromatic carbocycles. The van der Waals surface area contributed by atoms with Crippen LogP contribution >= 0.6 is 21.9 Å². The Morgan fingerprint density at radius 3 is 2.58 bits per heavy atom. The number of anilines is 1. The summed E-state index contributed by atoms with van der Waals surface area (Å²) in [6.45, 7) is 10.2. The van der Waals surface area contributed by atoms with Gasteiger partial charge in [-0.15, -0.1) is 9.24 Å². The van der Waals surface area contributed by atoms with Gasteiger partial charge in [0.2, 0.25) is 11.8 Å². The molecule has 1 aliphatic rings. The molecular weight excluding hydrogens is 523 g/mol. The van der Waals surface area contributed by atoms with E-state index in [1.54, 1.807) is 18.5 Å². The van der Waals surface area contributed by atoms with Crippen molar-refractivity contribution in [1.29, 1.82) is 0 Å². The molecule has 1 aromatic heterocycles. The zero-order valence-electron chi connectivity index (χ0n) is 23.7. The van der Waals surface area contributed by atoms with E-state index in [-0.39, 0.29) is 30.9 Å². The minimum absolute atomic E-state index is 0.0169. The molecule has 2 aromatic rings. The number of H-pyrrole nitrogens is 1. The van der Waals surface area contributed by atoms with E-state index in [9.17, 15) is 14.4 Å². The number of carbonyl (C=O) groups is 3. The average Bonchev–Trinajstić information content (AvgIpc) is 3.61. The normalized spacial score (nSPS) is 14.6. The number of thiol groups is 1. The van der Waals surface area contributed by atoms with Crippen LogP contribution in [-0.2, 0) is 27.3 Å². The number of ether oxygens (including phenoxy) is 1. The number of para-hydroxylation sites is 1. The Hall–Kier alpha value is -2.65. The van der Waals surface area contributed by atoms with Crippen molar-refractivity contribution in [3.05, 3.63) is 35.7 Å². The number of hydrogen-bond acceptors (Lipinski definition) is 8. The van der Waals surface area contributed by atoms with Crippen molar-refractivity contribution >= 4 is 45.7 Å². The summed E-state index contributed by atoms with van der Waals surface area (Å²) in [5.74, 6) is 0.529. The van der Waals surface area contributed by atoms with Crippen molar-refractivity contribution in [2.75, 3.05) is 31.5 Å². The molecule has 3 N–H and O–H groups in total. The van der Waals surface area contributed by atoms with Crippen LogP contribution in [0.15, 0.2) is 24.4 Å². The van der Waals surface area contributed by atoms with Gasteiger partial charge in [0.1, 0.15) is 36.4 Å². The summed E-state index contributed by atoms with van der Waals surface area (Å²) in [5.41, 5.74) is 2.44. The molecule has 4 unspecified atom stereocenters. The van der Waals surface area contributed by atoms with Crippen LogP contribution in [0.3, 0.4) is 0 Å². The van der Waals surface area contributed by atoms with Crippen LogP contribution in [0.25, 0.3) is 0 Å². The Morgan fingerprint density at radius 2 is 2.00 bits per heavy atom. The largest absolute Gasteiger partial charge is 0.489 e. The molecule has 1 aliphatic heterocycles. The van der Waals surface area contributed by atoms with Crippen molar-refractivity contribution in [3.8, 4) is 5.75 Å². The molecular formula is C26H45N6O4PS. The molecule has 2 heterocycles. The maximum absolute atomic E-state index is 12.7. The summed E-state index contributed by atoms with van der Waals surface area (Å²) in [4.78, 5) is 38.2. The Labute approximate surface area is 235 Å². The second-order valence-electron chi connectivity index (χ2n) is 8.11. The summed E-state index contributed by atoms with van der Waals surface area (Å²) < 4.78 is 5.91. The highest BCUT2D eigenvalue weighted by atomic mass is 32.1. The third kappa shape index (κ3) is 11.0. The van der Waals surface area contributed by atoms with Gasteiger partial charge in [0.15, 0.2) is 0 Å². The first kappa shape index (κ1) is 35.4. The highest BCUT2D eigenvalue weighted by molar-refractivity contribution is 7.79. The number of aromatic nitrogens is 3. The number of aromatic amines is 1. The van der Waals surface area contributed by atoms with Crippen molar-refractivity contribution in [2.24, 2.45) is 5.92 Å². The highest BCUT2D eigenvalue weighted by Crippen LogP contribution is 2.39. The van der Waals surface area contributed by atoms with Crippen LogP contribution in [-0.4, -0.2) is 72.2 Å². The van der Waals surface area contributed by atoms with Gasteiger partial charge in [0.25, 0.3) is 0 Å². The summed E-state index contributed by atoms with van der Waals surface area (Å²) in [6.07, 6.45) is 5.74. The van der Waals surface area contributed by atoms with Crippen LogP contribution in [0.1, 0.15) is 51.8 Å². The number of carbonyl (C=O) groups excluding carboxylic acids is 3. The van der Waals surface area contributed by atoms with Crippen molar-refractivity contribution in [1.82, 2.24) is 26.0 Å². The molecule has 0 radical (unpaired) electrons. The molecule has 0 spiro atoms. The SMILES string of the molecule is CC.CCC(C)CC(=O)NC(C=O)COc1cccc2c1N(C)C(C(=O)NCc1cn[nH]n1)C2.CP.CS. The van der Waals surface area contributed by atoms with E-state index in [2.05, 4.69) is 47.9 Å². The quantitative estimate of drug-likeness (QED) is 0.186. The fraction of sp³-hybridized carbons (Fsp3) is 0.577. The van der Waals surface area contributed by atoms with Crippen molar-refractivity contribution < 1.29 is 19.1 Å². The molecule has 10 nitrogen and oxygen atoms in total. The van der Waals surface area contributed by atoms with E-state index in [1.807, 2.05) is 58.4 Å². The molecule has 0 saturated heterocycles. The zero-order valence-corrected chi connectivity index (χ0v) is 25.7. The number of likely N-dealkylation sites (N-methyl/N-ethyl adjacent to an activating group) is 1. The van der Waals surface area contributed by atoms with Gasteiger partial charge >= 0.3 is 0 Å². The molecule has 0 fully saturated rings. The van der Waals surface area contributed by atoms with Crippen LogP contribution in [0.5, 0.6) is 5.75 Å². The summed E-state index contributed by atoms with van der Waals surface area (Å²) >= 11 is 3.53. The third-order valence-corrected chi connectivity index (χ3v) is 5.69. The molecule has 4 atom stereocenters. The van der Waals surface area contributed by atoms with E-state index < -0.39 is 12.1 Å². The Bertz CT molecular complexity index is 948. The number of amides is 2. The van der Waals surface area contributed by atoms with E-state index >= 15 is 0 Å². The summed E-state index contributed by atoms with van der Waals surface area (Å²) in [7, 11) is 4.25. The standard InChI is InChI=1S/C22H30N6O4.C2H6.CH5P.CH4S/c1-4-14(2)8-20(30)25-17(12-29)13-32-19-7-5-6-15-9-18(28(3)21(15)19)22(31)23-10-16-11-24-27-26-16;3*1-2/h5-7,11-12,14,17-18H,4,8-10,13H2,1-3H3,(H,23,31)(H,25,30)(H,24,26,27);1-2H3;2H2,1H3;2H,1H3. The second-order valence-corrected chi connectivity index (χ2v) is 8.11. The Kier molecular flexibility index (Phi) is 18.9. The Balaban J connectivity index is 0.00000213.